The summed E-state index contributed by atoms with van der Waals surface area (Å²) in [5, 5.41) is 6.71. The molecule has 0 fully saturated rings. The molecule has 1 heterocycles. The quantitative estimate of drug-likeness (QED) is 0.718. The molecule has 0 aliphatic heterocycles. The van der Waals surface area contributed by atoms with E-state index in [0.717, 1.165) is 25.1 Å². The van der Waals surface area contributed by atoms with Crippen LogP contribution < -0.4 is 10.6 Å². The van der Waals surface area contributed by atoms with Gasteiger partial charge in [0.15, 0.2) is 0 Å². The Balaban J connectivity index is 1.85. The largest absolute Gasteiger partial charge is 0.370 e. The average Bonchev–Trinajstić information content (AvgIpc) is 2.58. The molecule has 128 valence electrons. The third kappa shape index (κ3) is 6.14. The van der Waals surface area contributed by atoms with Crippen LogP contribution in [0, 0.1) is 0 Å². The Labute approximate surface area is 147 Å². The van der Waals surface area contributed by atoms with Gasteiger partial charge < -0.3 is 15.5 Å². The van der Waals surface area contributed by atoms with Gasteiger partial charge in [-0.15, -0.1) is 0 Å². The number of nitrogens with zero attached hydrogens (tertiary/aromatic N) is 3. The van der Waals surface area contributed by atoms with Crippen LogP contribution in [0.5, 0.6) is 0 Å². The van der Waals surface area contributed by atoms with Gasteiger partial charge in [-0.3, -0.25) is 4.79 Å². The SMILES string of the molecule is CN(C)CCCNc1cc(C(=O)NCc2ccc(Cl)cc2)ncn1. The van der Waals surface area contributed by atoms with Crippen molar-refractivity contribution in [3.05, 3.63) is 52.9 Å². The lowest BCUT2D eigenvalue weighted by Crippen LogP contribution is -2.24. The van der Waals surface area contributed by atoms with E-state index in [2.05, 4.69) is 25.5 Å². The van der Waals surface area contributed by atoms with E-state index >= 15 is 0 Å². The third-order valence-electron chi connectivity index (χ3n) is 3.35. The molecule has 0 spiro atoms. The molecule has 1 aromatic carbocycles. The maximum Gasteiger partial charge on any atom is 0.270 e. The Morgan fingerprint density at radius 1 is 1.21 bits per heavy atom. The summed E-state index contributed by atoms with van der Waals surface area (Å²) in [6.45, 7) is 2.21. The first-order valence-electron chi connectivity index (χ1n) is 7.78. The summed E-state index contributed by atoms with van der Waals surface area (Å²) in [4.78, 5) is 22.5. The van der Waals surface area contributed by atoms with Crippen LogP contribution in [0.1, 0.15) is 22.5 Å². The number of amides is 1. The van der Waals surface area contributed by atoms with Gasteiger partial charge in [0.2, 0.25) is 0 Å². The first-order chi connectivity index (χ1) is 11.5. The Hall–Kier alpha value is -2.18. The zero-order valence-electron chi connectivity index (χ0n) is 13.9. The van der Waals surface area contributed by atoms with Crippen LogP contribution in [0.2, 0.25) is 5.02 Å². The van der Waals surface area contributed by atoms with Gasteiger partial charge >= 0.3 is 0 Å². The Kier molecular flexibility index (Phi) is 6.96. The molecule has 24 heavy (non-hydrogen) atoms. The summed E-state index contributed by atoms with van der Waals surface area (Å²) in [5.41, 5.74) is 1.32. The molecule has 7 heteroatoms. The second-order valence-electron chi connectivity index (χ2n) is 5.68. The molecule has 1 aromatic heterocycles. The van der Waals surface area contributed by atoms with Crippen molar-refractivity contribution in [2.75, 3.05) is 32.5 Å². The zero-order valence-corrected chi connectivity index (χ0v) is 14.7. The fourth-order valence-corrected chi connectivity index (χ4v) is 2.19. The van der Waals surface area contributed by atoms with Crippen LogP contribution in [0.4, 0.5) is 5.82 Å². The van der Waals surface area contributed by atoms with E-state index in [0.29, 0.717) is 23.1 Å². The fourth-order valence-electron chi connectivity index (χ4n) is 2.07. The lowest BCUT2D eigenvalue weighted by atomic mass is 10.2. The van der Waals surface area contributed by atoms with Crippen LogP contribution in [0.3, 0.4) is 0 Å². The topological polar surface area (TPSA) is 70.2 Å². The fraction of sp³-hybridized carbons (Fsp3) is 0.353. The maximum absolute atomic E-state index is 12.2. The predicted octanol–water partition coefficient (Wildman–Crippen LogP) is 2.42. The van der Waals surface area contributed by atoms with Crippen molar-refractivity contribution >= 4 is 23.3 Å². The first-order valence-corrected chi connectivity index (χ1v) is 8.15. The lowest BCUT2D eigenvalue weighted by Gasteiger charge is -2.10. The normalized spacial score (nSPS) is 10.7. The summed E-state index contributed by atoms with van der Waals surface area (Å²) >= 11 is 5.84. The molecule has 6 nitrogen and oxygen atoms in total. The van der Waals surface area contributed by atoms with Crippen LogP contribution in [0.15, 0.2) is 36.7 Å². The molecule has 0 atom stereocenters. The molecule has 0 unspecified atom stereocenters. The van der Waals surface area contributed by atoms with Crippen molar-refractivity contribution in [3.8, 4) is 0 Å². The minimum Gasteiger partial charge on any atom is -0.370 e. The molecule has 1 amide bonds. The van der Waals surface area contributed by atoms with Gasteiger partial charge in [-0.25, -0.2) is 9.97 Å². The molecule has 0 bridgehead atoms. The second-order valence-corrected chi connectivity index (χ2v) is 6.12. The molecule has 0 aliphatic rings. The second kappa shape index (κ2) is 9.20. The number of hydrogen-bond donors (Lipinski definition) is 2. The monoisotopic (exact) mass is 347 g/mol. The number of aromatic nitrogens is 2. The van der Waals surface area contributed by atoms with Crippen molar-refractivity contribution in [1.29, 1.82) is 0 Å². The Morgan fingerprint density at radius 3 is 2.67 bits per heavy atom. The number of benzene rings is 1. The molecule has 2 N–H and O–H groups in total. The summed E-state index contributed by atoms with van der Waals surface area (Å²) in [5.74, 6) is 0.420. The highest BCUT2D eigenvalue weighted by Crippen LogP contribution is 2.09. The molecule has 2 rings (SSSR count). The minimum absolute atomic E-state index is 0.233. The van der Waals surface area contributed by atoms with Gasteiger partial charge in [0.1, 0.15) is 17.8 Å². The predicted molar refractivity (Wildman–Crippen MR) is 96.3 cm³/mol. The number of halogens is 1. The number of carbonyl (C=O) groups excluding carboxylic acids is 1. The lowest BCUT2D eigenvalue weighted by molar-refractivity contribution is 0.0946. The maximum atomic E-state index is 12.2. The van der Waals surface area contributed by atoms with Gasteiger partial charge in [-0.1, -0.05) is 23.7 Å². The number of carbonyl (C=O) groups is 1. The van der Waals surface area contributed by atoms with Gasteiger partial charge in [0, 0.05) is 24.2 Å². The molecule has 0 saturated heterocycles. The molecule has 2 aromatic rings. The van der Waals surface area contributed by atoms with E-state index in [1.54, 1.807) is 18.2 Å². The molecule has 0 saturated carbocycles. The van der Waals surface area contributed by atoms with Crippen LogP contribution in [-0.4, -0.2) is 48.0 Å². The molecular weight excluding hydrogens is 326 g/mol. The van der Waals surface area contributed by atoms with Crippen LogP contribution in [-0.2, 0) is 6.54 Å². The van der Waals surface area contributed by atoms with E-state index in [1.807, 2.05) is 26.2 Å². The Bertz CT molecular complexity index is 660. The summed E-state index contributed by atoms with van der Waals surface area (Å²) in [6, 6.07) is 9.00. The highest BCUT2D eigenvalue weighted by molar-refractivity contribution is 6.30. The van der Waals surface area contributed by atoms with Crippen molar-refractivity contribution in [3.63, 3.8) is 0 Å². The molecular formula is C17H22ClN5O. The van der Waals surface area contributed by atoms with E-state index in [9.17, 15) is 4.79 Å². The average molecular weight is 348 g/mol. The van der Waals surface area contributed by atoms with E-state index in [-0.39, 0.29) is 5.91 Å². The Morgan fingerprint density at radius 2 is 1.96 bits per heavy atom. The van der Waals surface area contributed by atoms with Gasteiger partial charge in [0.05, 0.1) is 0 Å². The van der Waals surface area contributed by atoms with Gasteiger partial charge in [0.25, 0.3) is 5.91 Å². The van der Waals surface area contributed by atoms with Crippen molar-refractivity contribution in [2.24, 2.45) is 0 Å². The third-order valence-corrected chi connectivity index (χ3v) is 3.61. The number of rotatable bonds is 8. The molecule has 0 radical (unpaired) electrons. The smallest absolute Gasteiger partial charge is 0.270 e. The first kappa shape index (κ1) is 18.2. The number of nitrogens with one attached hydrogen (secondary N) is 2. The van der Waals surface area contributed by atoms with Crippen molar-refractivity contribution in [2.45, 2.75) is 13.0 Å². The van der Waals surface area contributed by atoms with Gasteiger partial charge in [-0.2, -0.15) is 0 Å². The van der Waals surface area contributed by atoms with E-state index in [1.165, 1.54) is 6.33 Å². The van der Waals surface area contributed by atoms with E-state index < -0.39 is 0 Å². The molecule has 0 aliphatic carbocycles. The summed E-state index contributed by atoms with van der Waals surface area (Å²) in [6.07, 6.45) is 2.39. The summed E-state index contributed by atoms with van der Waals surface area (Å²) in [7, 11) is 4.07. The van der Waals surface area contributed by atoms with Crippen LogP contribution in [0.25, 0.3) is 0 Å². The zero-order chi connectivity index (χ0) is 17.4. The van der Waals surface area contributed by atoms with Crippen molar-refractivity contribution < 1.29 is 4.79 Å². The van der Waals surface area contributed by atoms with Crippen molar-refractivity contribution in [1.82, 2.24) is 20.2 Å². The standard InChI is InChI=1S/C17H22ClN5O/c1-23(2)9-3-8-19-16-10-15(21-12-22-16)17(24)20-11-13-4-6-14(18)7-5-13/h4-7,10,12H,3,8-9,11H2,1-2H3,(H,20,24)(H,19,21,22). The number of hydrogen-bond acceptors (Lipinski definition) is 5. The number of anilines is 1. The highest BCUT2D eigenvalue weighted by Gasteiger charge is 2.08. The summed E-state index contributed by atoms with van der Waals surface area (Å²) < 4.78 is 0. The highest BCUT2D eigenvalue weighted by atomic mass is 35.5. The van der Waals surface area contributed by atoms with Crippen LogP contribution >= 0.6 is 11.6 Å². The van der Waals surface area contributed by atoms with E-state index in [4.69, 9.17) is 11.6 Å². The minimum atomic E-state index is -0.233. The van der Waals surface area contributed by atoms with Gasteiger partial charge in [-0.05, 0) is 44.8 Å².